The maximum atomic E-state index is 13.9. The van der Waals surface area contributed by atoms with Crippen molar-refractivity contribution in [3.05, 3.63) is 97.9 Å². The number of likely N-dealkylation sites (N-methyl/N-ethyl adjacent to an activating group) is 1. The van der Waals surface area contributed by atoms with Crippen LogP contribution in [0, 0.1) is 0 Å². The highest BCUT2D eigenvalue weighted by Crippen LogP contribution is 2.35. The van der Waals surface area contributed by atoms with Gasteiger partial charge in [0.05, 0.1) is 27.0 Å². The highest BCUT2D eigenvalue weighted by Gasteiger charge is 2.33. The van der Waals surface area contributed by atoms with Crippen LogP contribution >= 0.6 is 46.4 Å². The van der Waals surface area contributed by atoms with Gasteiger partial charge in [0.15, 0.2) is 0 Å². The molecule has 0 fully saturated rings. The Kier molecular flexibility index (Phi) is 10.3. The van der Waals surface area contributed by atoms with E-state index in [0.29, 0.717) is 10.6 Å². The van der Waals surface area contributed by atoms with Crippen LogP contribution in [0.15, 0.2) is 66.7 Å². The average Bonchev–Trinajstić information content (AvgIpc) is 2.86. The summed E-state index contributed by atoms with van der Waals surface area (Å²) in [5, 5.41) is 3.25. The van der Waals surface area contributed by atoms with Crippen molar-refractivity contribution in [1.82, 2.24) is 10.2 Å². The number of amides is 2. The van der Waals surface area contributed by atoms with Crippen LogP contribution in [0.25, 0.3) is 0 Å². The summed E-state index contributed by atoms with van der Waals surface area (Å²) >= 11 is 24.6. The molecule has 3 aromatic rings. The molecule has 0 aromatic heterocycles. The number of halogens is 4. The fraction of sp³-hybridized carbons (Fsp3) is 0.231. The zero-order valence-corrected chi connectivity index (χ0v) is 24.3. The van der Waals surface area contributed by atoms with Gasteiger partial charge in [-0.3, -0.25) is 13.9 Å². The molecule has 0 unspecified atom stereocenters. The topological polar surface area (TPSA) is 86.8 Å². The summed E-state index contributed by atoms with van der Waals surface area (Å²) in [6.07, 6.45) is 1.14. The first-order valence-electron chi connectivity index (χ1n) is 11.3. The summed E-state index contributed by atoms with van der Waals surface area (Å²) in [4.78, 5) is 28.3. The average molecular weight is 617 g/mol. The number of sulfonamides is 1. The lowest BCUT2D eigenvalue weighted by Gasteiger charge is -2.33. The Hall–Kier alpha value is -2.49. The fourth-order valence-corrected chi connectivity index (χ4v) is 5.61. The molecule has 12 heteroatoms. The molecule has 2 amide bonds. The number of carbonyl (C=O) groups is 2. The molecular weight excluding hydrogens is 592 g/mol. The Bertz CT molecular complexity index is 1420. The van der Waals surface area contributed by atoms with Gasteiger partial charge in [-0.2, -0.15) is 0 Å². The van der Waals surface area contributed by atoms with Gasteiger partial charge in [0.1, 0.15) is 12.6 Å². The standard InChI is InChI=1S/C26H25Cl4N3O4S/c1-31-26(35)24(12-17-7-4-3-5-8-17)32(15-18-9-6-10-19(27)11-18)25(34)16-33(38(2,36)37)23-14-21(29)20(28)13-22(23)30/h3-11,13-14,24H,12,15-16H2,1-2H3,(H,31,35)/t24-/m0/s1. The maximum Gasteiger partial charge on any atom is 0.244 e. The molecule has 0 aliphatic heterocycles. The molecule has 38 heavy (non-hydrogen) atoms. The number of rotatable bonds is 10. The Morgan fingerprint density at radius 1 is 0.868 bits per heavy atom. The lowest BCUT2D eigenvalue weighted by Crippen LogP contribution is -2.52. The Morgan fingerprint density at radius 2 is 1.50 bits per heavy atom. The highest BCUT2D eigenvalue weighted by atomic mass is 35.5. The number of hydrogen-bond donors (Lipinski definition) is 1. The third kappa shape index (κ3) is 7.77. The van der Waals surface area contributed by atoms with Crippen LogP contribution in [0.4, 0.5) is 5.69 Å². The van der Waals surface area contributed by atoms with E-state index in [1.807, 2.05) is 30.3 Å². The molecule has 0 aliphatic carbocycles. The molecule has 3 rings (SSSR count). The van der Waals surface area contributed by atoms with E-state index in [1.54, 1.807) is 24.3 Å². The Labute approximate surface area is 242 Å². The van der Waals surface area contributed by atoms with Crippen molar-refractivity contribution in [2.75, 3.05) is 24.2 Å². The highest BCUT2D eigenvalue weighted by molar-refractivity contribution is 7.92. The number of nitrogens with zero attached hydrogens (tertiary/aromatic N) is 2. The van der Waals surface area contributed by atoms with E-state index >= 15 is 0 Å². The van der Waals surface area contributed by atoms with E-state index in [4.69, 9.17) is 46.4 Å². The summed E-state index contributed by atoms with van der Waals surface area (Å²) in [6.45, 7) is -0.642. The number of benzene rings is 3. The number of nitrogens with one attached hydrogen (secondary N) is 1. The monoisotopic (exact) mass is 615 g/mol. The summed E-state index contributed by atoms with van der Waals surface area (Å²) in [5.74, 6) is -1.05. The minimum atomic E-state index is -4.01. The molecular formula is C26H25Cl4N3O4S. The van der Waals surface area contributed by atoms with Crippen LogP contribution in [0.3, 0.4) is 0 Å². The normalized spacial score (nSPS) is 12.1. The first-order chi connectivity index (χ1) is 17.9. The van der Waals surface area contributed by atoms with Crippen molar-refractivity contribution >= 4 is 73.9 Å². The molecule has 0 radical (unpaired) electrons. The molecule has 0 heterocycles. The molecule has 1 N–H and O–H groups in total. The third-order valence-corrected chi connectivity index (χ3v) is 8.08. The first kappa shape index (κ1) is 30.1. The quantitative estimate of drug-likeness (QED) is 0.307. The molecule has 3 aromatic carbocycles. The van der Waals surface area contributed by atoms with Gasteiger partial charge in [0, 0.05) is 25.0 Å². The molecule has 0 bridgehead atoms. The van der Waals surface area contributed by atoms with Crippen LogP contribution in [0.5, 0.6) is 0 Å². The molecule has 1 atom stereocenters. The second-order valence-corrected chi connectivity index (χ2v) is 12.0. The van der Waals surface area contributed by atoms with E-state index in [2.05, 4.69) is 5.32 Å². The zero-order chi connectivity index (χ0) is 28.0. The van der Waals surface area contributed by atoms with E-state index in [0.717, 1.165) is 16.1 Å². The van der Waals surface area contributed by atoms with Gasteiger partial charge in [-0.05, 0) is 35.4 Å². The predicted molar refractivity (Wildman–Crippen MR) is 154 cm³/mol. The molecule has 7 nitrogen and oxygen atoms in total. The second-order valence-electron chi connectivity index (χ2n) is 8.46. The second kappa shape index (κ2) is 13.0. The molecule has 202 valence electrons. The predicted octanol–water partition coefficient (Wildman–Crippen LogP) is 5.45. The van der Waals surface area contributed by atoms with Crippen molar-refractivity contribution in [2.45, 2.75) is 19.0 Å². The molecule has 0 spiro atoms. The Balaban J connectivity index is 2.07. The van der Waals surface area contributed by atoms with Gasteiger partial charge in [0.25, 0.3) is 0 Å². The Morgan fingerprint density at radius 3 is 2.11 bits per heavy atom. The summed E-state index contributed by atoms with van der Waals surface area (Å²) in [7, 11) is -2.54. The third-order valence-electron chi connectivity index (χ3n) is 5.70. The van der Waals surface area contributed by atoms with Crippen LogP contribution in [-0.2, 0) is 32.6 Å². The minimum absolute atomic E-state index is 0.00295. The van der Waals surface area contributed by atoms with E-state index in [-0.39, 0.29) is 33.7 Å². The van der Waals surface area contributed by atoms with Crippen LogP contribution < -0.4 is 9.62 Å². The number of hydrogen-bond acceptors (Lipinski definition) is 4. The minimum Gasteiger partial charge on any atom is -0.357 e. The first-order valence-corrected chi connectivity index (χ1v) is 14.7. The fourth-order valence-electron chi connectivity index (χ4n) is 3.85. The van der Waals surface area contributed by atoms with Crippen molar-refractivity contribution < 1.29 is 18.0 Å². The summed E-state index contributed by atoms with van der Waals surface area (Å²) in [6, 6.07) is 17.7. The van der Waals surface area contributed by atoms with Crippen molar-refractivity contribution in [2.24, 2.45) is 0 Å². The van der Waals surface area contributed by atoms with Crippen LogP contribution in [-0.4, -0.2) is 51.0 Å². The van der Waals surface area contributed by atoms with E-state index in [1.165, 1.54) is 24.1 Å². The van der Waals surface area contributed by atoms with Gasteiger partial charge in [0.2, 0.25) is 21.8 Å². The lowest BCUT2D eigenvalue weighted by molar-refractivity contribution is -0.139. The molecule has 0 saturated heterocycles. The lowest BCUT2D eigenvalue weighted by atomic mass is 10.0. The van der Waals surface area contributed by atoms with Gasteiger partial charge < -0.3 is 10.2 Å². The molecule has 0 saturated carbocycles. The largest absolute Gasteiger partial charge is 0.357 e. The van der Waals surface area contributed by atoms with Gasteiger partial charge >= 0.3 is 0 Å². The van der Waals surface area contributed by atoms with Gasteiger partial charge in [-0.15, -0.1) is 0 Å². The molecule has 0 aliphatic rings. The van der Waals surface area contributed by atoms with Crippen LogP contribution in [0.2, 0.25) is 20.1 Å². The maximum absolute atomic E-state index is 13.9. The summed E-state index contributed by atoms with van der Waals surface area (Å²) < 4.78 is 26.5. The SMILES string of the molecule is CNC(=O)[C@H](Cc1ccccc1)N(Cc1cccc(Cl)c1)C(=O)CN(c1cc(Cl)c(Cl)cc1Cl)S(C)(=O)=O. The van der Waals surface area contributed by atoms with E-state index in [9.17, 15) is 18.0 Å². The van der Waals surface area contributed by atoms with Gasteiger partial charge in [-0.25, -0.2) is 8.42 Å². The van der Waals surface area contributed by atoms with Crippen molar-refractivity contribution in [1.29, 1.82) is 0 Å². The smallest absolute Gasteiger partial charge is 0.244 e. The van der Waals surface area contributed by atoms with Crippen molar-refractivity contribution in [3.8, 4) is 0 Å². The zero-order valence-electron chi connectivity index (χ0n) is 20.5. The van der Waals surface area contributed by atoms with Gasteiger partial charge in [-0.1, -0.05) is 88.9 Å². The van der Waals surface area contributed by atoms with Crippen LogP contribution in [0.1, 0.15) is 11.1 Å². The number of carbonyl (C=O) groups excluding carboxylic acids is 2. The number of anilines is 1. The van der Waals surface area contributed by atoms with E-state index < -0.39 is 34.4 Å². The van der Waals surface area contributed by atoms with Crippen molar-refractivity contribution in [3.63, 3.8) is 0 Å². The summed E-state index contributed by atoms with van der Waals surface area (Å²) in [5.41, 5.74) is 1.46.